The first-order valence-electron chi connectivity index (χ1n) is 7.88. The molecule has 0 unspecified atom stereocenters. The number of pyridine rings is 1. The molecule has 0 saturated carbocycles. The number of anilines is 1. The zero-order chi connectivity index (χ0) is 17.3. The summed E-state index contributed by atoms with van der Waals surface area (Å²) in [4.78, 5) is 25.4. The zero-order valence-corrected chi connectivity index (χ0v) is 13.8. The normalized spacial score (nSPS) is 14.0. The average molecular weight is 328 g/mol. The van der Waals surface area contributed by atoms with Gasteiger partial charge in [-0.3, -0.25) is 4.79 Å². The highest BCUT2D eigenvalue weighted by Gasteiger charge is 2.18. The van der Waals surface area contributed by atoms with Crippen molar-refractivity contribution in [2.24, 2.45) is 7.05 Å². The van der Waals surface area contributed by atoms with Gasteiger partial charge in [0, 0.05) is 38.0 Å². The lowest BCUT2D eigenvalue weighted by Crippen LogP contribution is -2.19. The average Bonchev–Trinajstić information content (AvgIpc) is 3.10. The Morgan fingerprint density at radius 1 is 1.21 bits per heavy atom. The van der Waals surface area contributed by atoms with Crippen molar-refractivity contribution in [3.05, 3.63) is 46.2 Å². The summed E-state index contributed by atoms with van der Waals surface area (Å²) in [6.45, 7) is 2.03. The highest BCUT2D eigenvalue weighted by atomic mass is 16.5. The van der Waals surface area contributed by atoms with Gasteiger partial charge in [0.25, 0.3) is 0 Å². The van der Waals surface area contributed by atoms with Crippen molar-refractivity contribution < 1.29 is 14.6 Å². The molecular weight excluding hydrogens is 308 g/mol. The molecule has 126 valence electrons. The molecule has 0 amide bonds. The second-order valence-electron chi connectivity index (χ2n) is 5.93. The van der Waals surface area contributed by atoms with Crippen molar-refractivity contribution in [2.75, 3.05) is 25.1 Å². The van der Waals surface area contributed by atoms with Gasteiger partial charge in [-0.15, -0.1) is 0 Å². The van der Waals surface area contributed by atoms with Crippen LogP contribution in [0, 0.1) is 0 Å². The SMILES string of the molecule is COc1cc(-c2cc(=O)c(C(=O)O)cn2C)ccc1N1CCCC1. The van der Waals surface area contributed by atoms with Crippen LogP contribution in [0.1, 0.15) is 23.2 Å². The molecule has 1 aliphatic heterocycles. The van der Waals surface area contributed by atoms with E-state index in [2.05, 4.69) is 4.90 Å². The number of aryl methyl sites for hydroxylation is 1. The number of methoxy groups -OCH3 is 1. The molecule has 0 radical (unpaired) electrons. The summed E-state index contributed by atoms with van der Waals surface area (Å²) in [5.41, 5.74) is 1.77. The topological polar surface area (TPSA) is 71.8 Å². The largest absolute Gasteiger partial charge is 0.495 e. The minimum absolute atomic E-state index is 0.234. The monoisotopic (exact) mass is 328 g/mol. The number of hydrogen-bond donors (Lipinski definition) is 1. The number of carbonyl (C=O) groups is 1. The van der Waals surface area contributed by atoms with Crippen LogP contribution in [0.4, 0.5) is 5.69 Å². The summed E-state index contributed by atoms with van der Waals surface area (Å²) in [5.74, 6) is -0.465. The third-order valence-corrected chi connectivity index (χ3v) is 4.39. The van der Waals surface area contributed by atoms with Crippen molar-refractivity contribution in [1.82, 2.24) is 4.57 Å². The maximum Gasteiger partial charge on any atom is 0.341 e. The van der Waals surface area contributed by atoms with Crippen LogP contribution in [-0.4, -0.2) is 35.8 Å². The molecule has 6 heteroatoms. The molecule has 3 rings (SSSR count). The van der Waals surface area contributed by atoms with Gasteiger partial charge >= 0.3 is 5.97 Å². The predicted octanol–water partition coefficient (Wildman–Crippen LogP) is 2.36. The van der Waals surface area contributed by atoms with E-state index >= 15 is 0 Å². The van der Waals surface area contributed by atoms with E-state index < -0.39 is 11.4 Å². The first-order chi connectivity index (χ1) is 11.5. The van der Waals surface area contributed by atoms with Gasteiger partial charge in [0.05, 0.1) is 18.5 Å². The first-order valence-corrected chi connectivity index (χ1v) is 7.88. The number of nitrogens with zero attached hydrogens (tertiary/aromatic N) is 2. The standard InChI is InChI=1S/C18H20N2O4/c1-19-11-13(18(22)23)16(21)10-15(19)12-5-6-14(17(9-12)24-2)20-7-3-4-8-20/h5-6,9-11H,3-4,7-8H2,1-2H3,(H,22,23). The maximum absolute atomic E-state index is 12.0. The van der Waals surface area contributed by atoms with E-state index in [-0.39, 0.29) is 5.56 Å². The lowest BCUT2D eigenvalue weighted by atomic mass is 10.1. The van der Waals surface area contributed by atoms with Crippen molar-refractivity contribution in [3.8, 4) is 17.0 Å². The minimum atomic E-state index is -1.22. The van der Waals surface area contributed by atoms with Gasteiger partial charge in [0.1, 0.15) is 11.3 Å². The Kier molecular flexibility index (Phi) is 4.29. The summed E-state index contributed by atoms with van der Waals surface area (Å²) in [6.07, 6.45) is 3.70. The number of carboxylic acids is 1. The van der Waals surface area contributed by atoms with E-state index in [0.29, 0.717) is 5.69 Å². The number of benzene rings is 1. The van der Waals surface area contributed by atoms with Gasteiger partial charge in [-0.25, -0.2) is 4.79 Å². The van der Waals surface area contributed by atoms with Crippen LogP contribution in [0.3, 0.4) is 0 Å². The second-order valence-corrected chi connectivity index (χ2v) is 5.93. The summed E-state index contributed by atoms with van der Waals surface area (Å²) >= 11 is 0. The van der Waals surface area contributed by atoms with Crippen LogP contribution in [0.5, 0.6) is 5.75 Å². The highest BCUT2D eigenvalue weighted by molar-refractivity contribution is 5.87. The molecule has 1 fully saturated rings. The quantitative estimate of drug-likeness (QED) is 0.933. The van der Waals surface area contributed by atoms with Gasteiger partial charge in [-0.05, 0) is 25.0 Å². The van der Waals surface area contributed by atoms with E-state index in [4.69, 9.17) is 9.84 Å². The van der Waals surface area contributed by atoms with Crippen LogP contribution in [-0.2, 0) is 7.05 Å². The highest BCUT2D eigenvalue weighted by Crippen LogP contribution is 2.34. The molecule has 6 nitrogen and oxygen atoms in total. The van der Waals surface area contributed by atoms with E-state index in [1.807, 2.05) is 18.2 Å². The molecule has 1 aromatic carbocycles. The molecule has 1 aromatic heterocycles. The number of aromatic carboxylic acids is 1. The molecule has 24 heavy (non-hydrogen) atoms. The van der Waals surface area contributed by atoms with Crippen LogP contribution in [0.15, 0.2) is 35.3 Å². The fraction of sp³-hybridized carbons (Fsp3) is 0.333. The van der Waals surface area contributed by atoms with E-state index in [9.17, 15) is 9.59 Å². The molecule has 2 aromatic rings. The molecule has 1 saturated heterocycles. The summed E-state index contributed by atoms with van der Waals surface area (Å²) in [7, 11) is 3.35. The third-order valence-electron chi connectivity index (χ3n) is 4.39. The van der Waals surface area contributed by atoms with E-state index in [0.717, 1.165) is 30.1 Å². The predicted molar refractivity (Wildman–Crippen MR) is 92.1 cm³/mol. The maximum atomic E-state index is 12.0. The van der Waals surface area contributed by atoms with Gasteiger partial charge in [0.2, 0.25) is 0 Å². The molecular formula is C18H20N2O4. The Bertz CT molecular complexity index is 835. The fourth-order valence-electron chi connectivity index (χ4n) is 3.13. The number of ether oxygens (including phenoxy) is 1. The molecule has 2 heterocycles. The minimum Gasteiger partial charge on any atom is -0.495 e. The number of rotatable bonds is 4. The fourth-order valence-corrected chi connectivity index (χ4v) is 3.13. The Morgan fingerprint density at radius 3 is 2.54 bits per heavy atom. The van der Waals surface area contributed by atoms with Gasteiger partial charge in [-0.1, -0.05) is 6.07 Å². The summed E-state index contributed by atoms with van der Waals surface area (Å²) < 4.78 is 7.18. The number of hydrogen-bond acceptors (Lipinski definition) is 4. The lowest BCUT2D eigenvalue weighted by molar-refractivity contribution is 0.0694. The molecule has 0 spiro atoms. The third kappa shape index (κ3) is 2.87. The van der Waals surface area contributed by atoms with Crippen LogP contribution in [0.2, 0.25) is 0 Å². The summed E-state index contributed by atoms with van der Waals surface area (Å²) in [5, 5.41) is 9.05. The van der Waals surface area contributed by atoms with Gasteiger partial charge < -0.3 is 19.3 Å². The van der Waals surface area contributed by atoms with Crippen LogP contribution in [0.25, 0.3) is 11.3 Å². The van der Waals surface area contributed by atoms with Crippen molar-refractivity contribution in [3.63, 3.8) is 0 Å². The van der Waals surface area contributed by atoms with E-state index in [1.54, 1.807) is 18.7 Å². The Hall–Kier alpha value is -2.76. The smallest absolute Gasteiger partial charge is 0.341 e. The second kappa shape index (κ2) is 6.39. The van der Waals surface area contributed by atoms with E-state index in [1.165, 1.54) is 25.1 Å². The Morgan fingerprint density at radius 2 is 1.92 bits per heavy atom. The number of aromatic nitrogens is 1. The van der Waals surface area contributed by atoms with Gasteiger partial charge in [-0.2, -0.15) is 0 Å². The molecule has 0 aliphatic carbocycles. The first kappa shape index (κ1) is 16.1. The number of carboxylic acid groups (broad SMARTS) is 1. The van der Waals surface area contributed by atoms with Crippen molar-refractivity contribution >= 4 is 11.7 Å². The molecule has 1 aliphatic rings. The van der Waals surface area contributed by atoms with Crippen LogP contribution >= 0.6 is 0 Å². The molecule has 0 atom stereocenters. The van der Waals surface area contributed by atoms with Crippen molar-refractivity contribution in [1.29, 1.82) is 0 Å². The summed E-state index contributed by atoms with van der Waals surface area (Å²) in [6, 6.07) is 7.18. The van der Waals surface area contributed by atoms with Crippen molar-refractivity contribution in [2.45, 2.75) is 12.8 Å². The molecule has 1 N–H and O–H groups in total. The zero-order valence-electron chi connectivity index (χ0n) is 13.8. The molecule has 0 bridgehead atoms. The Balaban J connectivity index is 2.05. The lowest BCUT2D eigenvalue weighted by Gasteiger charge is -2.21. The Labute approximate surface area is 139 Å². The van der Waals surface area contributed by atoms with Crippen LogP contribution < -0.4 is 15.1 Å². The van der Waals surface area contributed by atoms with Gasteiger partial charge in [0.15, 0.2) is 5.43 Å².